The SMILES string of the molecule is O=c1c(-c2nccn2S(=O)(=O)c2ccccc2)cc2cnc(Nc3ccc(C4CCNC4)cc3)nc2n1-c1nccs1. The van der Waals surface area contributed by atoms with E-state index in [2.05, 4.69) is 42.7 Å². The summed E-state index contributed by atoms with van der Waals surface area (Å²) in [6.45, 7) is 2.01. The number of nitrogens with one attached hydrogen (secondary N) is 2. The molecule has 0 aliphatic carbocycles. The van der Waals surface area contributed by atoms with Crippen LogP contribution in [0.5, 0.6) is 0 Å². The molecule has 7 rings (SSSR count). The van der Waals surface area contributed by atoms with E-state index in [-0.39, 0.29) is 16.3 Å². The lowest BCUT2D eigenvalue weighted by molar-refractivity contribution is 0.588. The highest BCUT2D eigenvalue weighted by Gasteiger charge is 2.25. The van der Waals surface area contributed by atoms with Gasteiger partial charge in [-0.2, -0.15) is 4.98 Å². The number of thiazole rings is 1. The van der Waals surface area contributed by atoms with Gasteiger partial charge in [-0.3, -0.25) is 4.79 Å². The lowest BCUT2D eigenvalue weighted by Gasteiger charge is -2.13. The van der Waals surface area contributed by atoms with Crippen molar-refractivity contribution >= 4 is 44.0 Å². The lowest BCUT2D eigenvalue weighted by Crippen LogP contribution is -2.24. The number of imidazole rings is 1. The molecule has 0 amide bonds. The highest BCUT2D eigenvalue weighted by molar-refractivity contribution is 7.90. The van der Waals surface area contributed by atoms with Crippen molar-refractivity contribution in [2.75, 3.05) is 18.4 Å². The molecule has 0 bridgehead atoms. The van der Waals surface area contributed by atoms with Crippen molar-refractivity contribution in [3.63, 3.8) is 0 Å². The van der Waals surface area contributed by atoms with Crippen molar-refractivity contribution in [3.8, 4) is 16.5 Å². The van der Waals surface area contributed by atoms with Crippen molar-refractivity contribution in [1.29, 1.82) is 0 Å². The average Bonchev–Trinajstić information content (AvgIpc) is 3.81. The van der Waals surface area contributed by atoms with Gasteiger partial charge in [-0.1, -0.05) is 30.3 Å². The Balaban J connectivity index is 1.32. The third-order valence-corrected chi connectivity index (χ3v) is 9.64. The lowest BCUT2D eigenvalue weighted by atomic mass is 9.98. The Morgan fingerprint density at radius 1 is 1.00 bits per heavy atom. The zero-order valence-corrected chi connectivity index (χ0v) is 23.7. The fourth-order valence-electron chi connectivity index (χ4n) is 5.11. The quantitative estimate of drug-likeness (QED) is 0.278. The van der Waals surface area contributed by atoms with Crippen LogP contribution in [-0.2, 0) is 10.0 Å². The Kier molecular flexibility index (Phi) is 6.61. The molecule has 1 unspecified atom stereocenters. The van der Waals surface area contributed by atoms with Crippen LogP contribution in [0.4, 0.5) is 11.6 Å². The molecule has 5 heterocycles. The average molecular weight is 597 g/mol. The number of benzene rings is 2. The third-order valence-electron chi connectivity index (χ3n) is 7.20. The molecule has 1 saturated heterocycles. The van der Waals surface area contributed by atoms with E-state index in [1.54, 1.807) is 42.0 Å². The highest BCUT2D eigenvalue weighted by Crippen LogP contribution is 2.27. The summed E-state index contributed by atoms with van der Waals surface area (Å²) in [7, 11) is -4.01. The fraction of sp³-hybridized carbons (Fsp3) is 0.138. The van der Waals surface area contributed by atoms with Crippen LogP contribution in [-0.4, -0.2) is 50.0 Å². The fourth-order valence-corrected chi connectivity index (χ4v) is 7.06. The molecule has 1 aliphatic heterocycles. The van der Waals surface area contributed by atoms with Crippen LogP contribution in [0.2, 0.25) is 0 Å². The number of hydrogen-bond acceptors (Lipinski definition) is 10. The van der Waals surface area contributed by atoms with Gasteiger partial charge in [-0.25, -0.2) is 31.9 Å². The number of nitrogens with zero attached hydrogens (tertiary/aromatic N) is 6. The molecule has 4 aromatic heterocycles. The van der Waals surface area contributed by atoms with Gasteiger partial charge in [-0.15, -0.1) is 11.3 Å². The summed E-state index contributed by atoms with van der Waals surface area (Å²) in [6.07, 6.45) is 6.98. The second-order valence-corrected chi connectivity index (χ2v) is 12.5. The summed E-state index contributed by atoms with van der Waals surface area (Å²) < 4.78 is 29.3. The zero-order valence-electron chi connectivity index (χ0n) is 22.1. The van der Waals surface area contributed by atoms with Gasteiger partial charge in [0.2, 0.25) is 5.95 Å². The van der Waals surface area contributed by atoms with Crippen molar-refractivity contribution in [2.24, 2.45) is 0 Å². The third kappa shape index (κ3) is 4.66. The number of rotatable bonds is 7. The van der Waals surface area contributed by atoms with Gasteiger partial charge >= 0.3 is 0 Å². The monoisotopic (exact) mass is 596 g/mol. The van der Waals surface area contributed by atoms with Gasteiger partial charge in [-0.05, 0) is 54.8 Å². The molecular weight excluding hydrogens is 573 g/mol. The number of hydrogen-bond donors (Lipinski definition) is 2. The van der Waals surface area contributed by atoms with Crippen LogP contribution in [0.1, 0.15) is 17.9 Å². The maximum atomic E-state index is 14.0. The Bertz CT molecular complexity index is 2050. The van der Waals surface area contributed by atoms with E-state index in [0.29, 0.717) is 28.0 Å². The molecule has 2 aromatic carbocycles. The predicted octanol–water partition coefficient (Wildman–Crippen LogP) is 4.16. The second-order valence-electron chi connectivity index (χ2n) is 9.79. The number of pyridine rings is 1. The molecule has 13 heteroatoms. The predicted molar refractivity (Wildman–Crippen MR) is 161 cm³/mol. The first-order chi connectivity index (χ1) is 20.5. The molecular formula is C29H24N8O3S2. The minimum atomic E-state index is -4.01. The molecule has 6 aromatic rings. The van der Waals surface area contributed by atoms with Crippen LogP contribution < -0.4 is 16.2 Å². The molecule has 1 fully saturated rings. The molecule has 0 spiro atoms. The van der Waals surface area contributed by atoms with E-state index in [0.717, 1.165) is 29.2 Å². The van der Waals surface area contributed by atoms with Gasteiger partial charge in [0.25, 0.3) is 15.6 Å². The van der Waals surface area contributed by atoms with E-state index < -0.39 is 15.6 Å². The Morgan fingerprint density at radius 3 is 2.57 bits per heavy atom. The second kappa shape index (κ2) is 10.6. The smallest absolute Gasteiger partial charge is 0.269 e. The molecule has 2 N–H and O–H groups in total. The summed E-state index contributed by atoms with van der Waals surface area (Å²) in [5, 5.41) is 9.27. The number of aromatic nitrogens is 6. The van der Waals surface area contributed by atoms with E-state index in [4.69, 9.17) is 0 Å². The van der Waals surface area contributed by atoms with Crippen LogP contribution >= 0.6 is 11.3 Å². The first kappa shape index (κ1) is 26.2. The van der Waals surface area contributed by atoms with Crippen molar-refractivity contribution < 1.29 is 8.42 Å². The minimum Gasteiger partial charge on any atom is -0.324 e. The summed E-state index contributed by atoms with van der Waals surface area (Å²) in [4.78, 5) is 31.9. The maximum Gasteiger partial charge on any atom is 0.269 e. The van der Waals surface area contributed by atoms with E-state index >= 15 is 0 Å². The van der Waals surface area contributed by atoms with Crippen molar-refractivity contribution in [1.82, 2.24) is 33.8 Å². The first-order valence-electron chi connectivity index (χ1n) is 13.2. The minimum absolute atomic E-state index is 0.0178. The van der Waals surface area contributed by atoms with Gasteiger partial charge in [0.15, 0.2) is 16.6 Å². The standard InChI is InChI=1S/C29H24N8O3S2/c38-27-24(26-31-12-14-36(26)42(39,40)23-4-2-1-3-5-23)16-21-18-33-28(35-25(21)37(27)29-32-13-15-41-29)34-22-8-6-19(7-9-22)20-10-11-30-17-20/h1-9,12-16,18,20,30H,10-11,17H2,(H,33,34,35). The van der Waals surface area contributed by atoms with Crippen LogP contribution in [0.3, 0.4) is 0 Å². The van der Waals surface area contributed by atoms with Gasteiger partial charge in [0, 0.05) is 47.8 Å². The Labute approximate surface area is 244 Å². The summed E-state index contributed by atoms with van der Waals surface area (Å²) in [6, 6.07) is 17.8. The number of fused-ring (bicyclic) bond motifs is 1. The van der Waals surface area contributed by atoms with Crippen molar-refractivity contribution in [2.45, 2.75) is 17.2 Å². The topological polar surface area (TPSA) is 137 Å². The largest absolute Gasteiger partial charge is 0.324 e. The van der Waals surface area contributed by atoms with Crippen LogP contribution in [0, 0.1) is 0 Å². The Hall–Kier alpha value is -4.72. The molecule has 1 aliphatic rings. The summed E-state index contributed by atoms with van der Waals surface area (Å²) in [5.41, 5.74) is 1.99. The van der Waals surface area contributed by atoms with Crippen LogP contribution in [0.15, 0.2) is 101 Å². The van der Waals surface area contributed by atoms with Gasteiger partial charge in [0.05, 0.1) is 10.5 Å². The van der Waals surface area contributed by atoms with E-state index in [9.17, 15) is 13.2 Å². The molecule has 1 atom stereocenters. The summed E-state index contributed by atoms with van der Waals surface area (Å²) in [5.74, 6) is 0.801. The Morgan fingerprint density at radius 2 is 1.83 bits per heavy atom. The summed E-state index contributed by atoms with van der Waals surface area (Å²) >= 11 is 1.26. The van der Waals surface area contributed by atoms with Crippen LogP contribution in [0.25, 0.3) is 27.6 Å². The highest BCUT2D eigenvalue weighted by atomic mass is 32.2. The van der Waals surface area contributed by atoms with Crippen molar-refractivity contribution in [3.05, 3.63) is 107 Å². The maximum absolute atomic E-state index is 14.0. The van der Waals surface area contributed by atoms with Gasteiger partial charge in [0.1, 0.15) is 0 Å². The molecule has 11 nitrogen and oxygen atoms in total. The number of anilines is 2. The van der Waals surface area contributed by atoms with E-state index in [1.165, 1.54) is 46.0 Å². The normalized spacial score (nSPS) is 15.3. The first-order valence-corrected chi connectivity index (χ1v) is 15.6. The van der Waals surface area contributed by atoms with E-state index in [1.807, 2.05) is 12.1 Å². The molecule has 0 saturated carbocycles. The molecule has 42 heavy (non-hydrogen) atoms. The van der Waals surface area contributed by atoms with Gasteiger partial charge < -0.3 is 10.6 Å². The zero-order chi connectivity index (χ0) is 28.7. The molecule has 210 valence electrons. The molecule has 0 radical (unpaired) electrons.